The number of nitrogens with one attached hydrogen (secondary N) is 1. The fourth-order valence-corrected chi connectivity index (χ4v) is 2.53. The third-order valence-corrected chi connectivity index (χ3v) is 3.61. The van der Waals surface area contributed by atoms with Crippen molar-refractivity contribution in [2.75, 3.05) is 11.1 Å². The highest BCUT2D eigenvalue weighted by molar-refractivity contribution is 6.35. The Morgan fingerprint density at radius 1 is 1.24 bits per heavy atom. The van der Waals surface area contributed by atoms with Crippen LogP contribution in [0.5, 0.6) is 0 Å². The summed E-state index contributed by atoms with van der Waals surface area (Å²) < 4.78 is 13.8. The summed E-state index contributed by atoms with van der Waals surface area (Å²) in [6.45, 7) is 0. The van der Waals surface area contributed by atoms with E-state index < -0.39 is 11.6 Å². The molecule has 1 amide bonds. The quantitative estimate of drug-likeness (QED) is 0.662. The van der Waals surface area contributed by atoms with Gasteiger partial charge in [-0.2, -0.15) is 0 Å². The molecule has 1 aliphatic rings. The standard InChI is InChI=1S/C15H10ClFN2O2/c16-11-6-13-7(4-14(20)19-13)3-10(11)15(21)9-2-1-8(18)5-12(9)17/h1-3,5-6H,4,18H2,(H,19,20). The van der Waals surface area contributed by atoms with Crippen molar-refractivity contribution in [1.29, 1.82) is 0 Å². The van der Waals surface area contributed by atoms with Crippen molar-refractivity contribution in [2.45, 2.75) is 6.42 Å². The predicted octanol–water partition coefficient (Wildman–Crippen LogP) is 2.79. The topological polar surface area (TPSA) is 72.2 Å². The van der Waals surface area contributed by atoms with E-state index in [2.05, 4.69) is 5.32 Å². The maximum Gasteiger partial charge on any atom is 0.228 e. The van der Waals surface area contributed by atoms with Crippen LogP contribution in [0.3, 0.4) is 0 Å². The number of nitrogens with two attached hydrogens (primary N) is 1. The van der Waals surface area contributed by atoms with Gasteiger partial charge in [-0.05, 0) is 35.9 Å². The van der Waals surface area contributed by atoms with Crippen LogP contribution in [-0.2, 0) is 11.2 Å². The van der Waals surface area contributed by atoms with E-state index in [1.807, 2.05) is 0 Å². The van der Waals surface area contributed by atoms with Crippen LogP contribution < -0.4 is 11.1 Å². The first-order valence-electron chi connectivity index (χ1n) is 6.17. The minimum atomic E-state index is -0.703. The van der Waals surface area contributed by atoms with Gasteiger partial charge in [0.1, 0.15) is 5.82 Å². The summed E-state index contributed by atoms with van der Waals surface area (Å²) in [5.74, 6) is -1.41. The molecule has 0 atom stereocenters. The molecule has 1 aliphatic heterocycles. The highest BCUT2D eigenvalue weighted by atomic mass is 35.5. The van der Waals surface area contributed by atoms with Gasteiger partial charge in [-0.1, -0.05) is 11.6 Å². The summed E-state index contributed by atoms with van der Waals surface area (Å²) in [5.41, 5.74) is 7.00. The van der Waals surface area contributed by atoms with Gasteiger partial charge in [0.15, 0.2) is 5.78 Å². The molecule has 0 bridgehead atoms. The molecule has 0 fully saturated rings. The first kappa shape index (κ1) is 13.6. The van der Waals surface area contributed by atoms with Gasteiger partial charge < -0.3 is 11.1 Å². The minimum Gasteiger partial charge on any atom is -0.399 e. The zero-order valence-corrected chi connectivity index (χ0v) is 11.5. The third kappa shape index (κ3) is 2.36. The van der Waals surface area contributed by atoms with E-state index in [0.717, 1.165) is 6.07 Å². The van der Waals surface area contributed by atoms with Crippen molar-refractivity contribution in [2.24, 2.45) is 0 Å². The Balaban J connectivity index is 2.06. The van der Waals surface area contributed by atoms with E-state index in [1.165, 1.54) is 24.3 Å². The van der Waals surface area contributed by atoms with Crippen molar-refractivity contribution in [3.8, 4) is 0 Å². The highest BCUT2D eigenvalue weighted by Crippen LogP contribution is 2.31. The van der Waals surface area contributed by atoms with Crippen LogP contribution >= 0.6 is 11.6 Å². The molecule has 106 valence electrons. The van der Waals surface area contributed by atoms with Crippen LogP contribution in [0, 0.1) is 5.82 Å². The number of nitrogen functional groups attached to an aromatic ring is 1. The Morgan fingerprint density at radius 2 is 2.00 bits per heavy atom. The van der Waals surface area contributed by atoms with E-state index in [9.17, 15) is 14.0 Å². The largest absolute Gasteiger partial charge is 0.399 e. The summed E-state index contributed by atoms with van der Waals surface area (Å²) in [5, 5.41) is 2.80. The Bertz CT molecular complexity index is 789. The SMILES string of the molecule is Nc1ccc(C(=O)c2cc3c(cc2Cl)NC(=O)C3)c(F)c1. The second kappa shape index (κ2) is 4.86. The van der Waals surface area contributed by atoms with Crippen LogP contribution in [0.4, 0.5) is 15.8 Å². The van der Waals surface area contributed by atoms with Crippen molar-refractivity contribution < 1.29 is 14.0 Å². The Morgan fingerprint density at radius 3 is 2.71 bits per heavy atom. The number of ketones is 1. The lowest BCUT2D eigenvalue weighted by Crippen LogP contribution is -2.06. The molecular formula is C15H10ClFN2O2. The molecular weight excluding hydrogens is 295 g/mol. The van der Waals surface area contributed by atoms with Gasteiger partial charge in [-0.25, -0.2) is 4.39 Å². The summed E-state index contributed by atoms with van der Waals surface area (Å²) in [6.07, 6.45) is 0.178. The van der Waals surface area contributed by atoms with Crippen LogP contribution in [-0.4, -0.2) is 11.7 Å². The molecule has 21 heavy (non-hydrogen) atoms. The van der Waals surface area contributed by atoms with E-state index in [-0.39, 0.29) is 34.2 Å². The summed E-state index contributed by atoms with van der Waals surface area (Å²) in [6, 6.07) is 6.88. The van der Waals surface area contributed by atoms with E-state index in [4.69, 9.17) is 17.3 Å². The maximum absolute atomic E-state index is 13.8. The number of halogens is 2. The van der Waals surface area contributed by atoms with E-state index in [0.29, 0.717) is 11.3 Å². The van der Waals surface area contributed by atoms with Crippen LogP contribution in [0.2, 0.25) is 5.02 Å². The molecule has 0 saturated heterocycles. The molecule has 0 aliphatic carbocycles. The molecule has 3 rings (SSSR count). The number of rotatable bonds is 2. The van der Waals surface area contributed by atoms with Gasteiger partial charge >= 0.3 is 0 Å². The number of hydrogen-bond acceptors (Lipinski definition) is 3. The summed E-state index contributed by atoms with van der Waals surface area (Å²) in [7, 11) is 0. The number of amides is 1. The van der Waals surface area contributed by atoms with E-state index in [1.54, 1.807) is 0 Å². The average molecular weight is 305 g/mol. The third-order valence-electron chi connectivity index (χ3n) is 3.30. The smallest absolute Gasteiger partial charge is 0.228 e. The number of carbonyl (C=O) groups excluding carboxylic acids is 2. The van der Waals surface area contributed by atoms with Crippen molar-refractivity contribution in [1.82, 2.24) is 0 Å². The summed E-state index contributed by atoms with van der Waals surface area (Å²) in [4.78, 5) is 23.8. The van der Waals surface area contributed by atoms with Gasteiger partial charge in [0.25, 0.3) is 0 Å². The van der Waals surface area contributed by atoms with Gasteiger partial charge in [0.05, 0.1) is 17.0 Å². The molecule has 4 nitrogen and oxygen atoms in total. The van der Waals surface area contributed by atoms with Crippen molar-refractivity contribution >= 4 is 34.7 Å². The van der Waals surface area contributed by atoms with Gasteiger partial charge in [0, 0.05) is 16.9 Å². The second-order valence-electron chi connectivity index (χ2n) is 4.78. The summed E-state index contributed by atoms with van der Waals surface area (Å²) >= 11 is 6.06. The lowest BCUT2D eigenvalue weighted by Gasteiger charge is -2.08. The van der Waals surface area contributed by atoms with Gasteiger partial charge in [0.2, 0.25) is 5.91 Å². The molecule has 0 unspecified atom stereocenters. The number of anilines is 2. The zero-order chi connectivity index (χ0) is 15.1. The predicted molar refractivity (Wildman–Crippen MR) is 78.0 cm³/mol. The molecule has 0 radical (unpaired) electrons. The first-order valence-corrected chi connectivity index (χ1v) is 6.55. The van der Waals surface area contributed by atoms with Crippen LogP contribution in [0.25, 0.3) is 0 Å². The lowest BCUT2D eigenvalue weighted by molar-refractivity contribution is -0.115. The van der Waals surface area contributed by atoms with Gasteiger partial charge in [-0.3, -0.25) is 9.59 Å². The number of fused-ring (bicyclic) bond motifs is 1. The van der Waals surface area contributed by atoms with Gasteiger partial charge in [-0.15, -0.1) is 0 Å². The molecule has 1 heterocycles. The lowest BCUT2D eigenvalue weighted by atomic mass is 9.99. The number of hydrogen-bond donors (Lipinski definition) is 2. The van der Waals surface area contributed by atoms with Crippen LogP contribution in [0.15, 0.2) is 30.3 Å². The van der Waals surface area contributed by atoms with Crippen LogP contribution in [0.1, 0.15) is 21.5 Å². The fraction of sp³-hybridized carbons (Fsp3) is 0.0667. The number of benzene rings is 2. The Hall–Kier alpha value is -2.40. The normalized spacial score (nSPS) is 13.0. The minimum absolute atomic E-state index is 0.108. The van der Waals surface area contributed by atoms with Crippen molar-refractivity contribution in [3.63, 3.8) is 0 Å². The molecule has 0 saturated carbocycles. The zero-order valence-electron chi connectivity index (χ0n) is 10.7. The molecule has 2 aromatic carbocycles. The average Bonchev–Trinajstić information content (AvgIpc) is 2.76. The molecule has 0 aromatic heterocycles. The Kier molecular flexibility index (Phi) is 3.14. The Labute approximate surface area is 124 Å². The maximum atomic E-state index is 13.8. The fourth-order valence-electron chi connectivity index (χ4n) is 2.28. The van der Waals surface area contributed by atoms with E-state index >= 15 is 0 Å². The molecule has 3 N–H and O–H groups in total. The monoisotopic (exact) mass is 304 g/mol. The molecule has 2 aromatic rings. The first-order chi connectivity index (χ1) is 9.95. The molecule has 6 heteroatoms. The molecule has 0 spiro atoms. The highest BCUT2D eigenvalue weighted by Gasteiger charge is 2.23. The van der Waals surface area contributed by atoms with Crippen molar-refractivity contribution in [3.05, 3.63) is 57.9 Å². The second-order valence-corrected chi connectivity index (χ2v) is 5.19. The number of carbonyl (C=O) groups is 2.